The summed E-state index contributed by atoms with van der Waals surface area (Å²) >= 11 is 7.65. The Bertz CT molecular complexity index is 1340. The average molecular weight is 509 g/mol. The van der Waals surface area contributed by atoms with E-state index in [1.54, 1.807) is 22.9 Å². The summed E-state index contributed by atoms with van der Waals surface area (Å²) in [6.07, 6.45) is 8.78. The summed E-state index contributed by atoms with van der Waals surface area (Å²) < 4.78 is 1.73. The first kappa shape index (κ1) is 22.6. The predicted molar refractivity (Wildman–Crippen MR) is 139 cm³/mol. The number of nitrogens with zero attached hydrogens (tertiary/aromatic N) is 5. The molecule has 2 aliphatic heterocycles. The quantitative estimate of drug-likeness (QED) is 0.522. The van der Waals surface area contributed by atoms with Crippen molar-refractivity contribution in [3.63, 3.8) is 0 Å². The molecule has 2 aromatic heterocycles. The Morgan fingerprint density at radius 3 is 2.57 bits per heavy atom. The van der Waals surface area contributed by atoms with Gasteiger partial charge in [0.25, 0.3) is 11.1 Å². The molecule has 35 heavy (non-hydrogen) atoms. The molecule has 1 saturated carbocycles. The van der Waals surface area contributed by atoms with E-state index in [1.165, 1.54) is 25.7 Å². The molecule has 0 bridgehead atoms. The van der Waals surface area contributed by atoms with Gasteiger partial charge in [-0.2, -0.15) is 5.10 Å². The Labute approximate surface area is 212 Å². The van der Waals surface area contributed by atoms with Crippen LogP contribution < -0.4 is 10.2 Å². The first-order chi connectivity index (χ1) is 17.0. The van der Waals surface area contributed by atoms with E-state index in [0.29, 0.717) is 21.3 Å². The van der Waals surface area contributed by atoms with Crippen molar-refractivity contribution in [2.75, 3.05) is 31.1 Å². The molecule has 2 saturated heterocycles. The van der Waals surface area contributed by atoms with E-state index in [9.17, 15) is 9.59 Å². The molecular formula is C25H25ClN6O2S. The number of amides is 2. The predicted octanol–water partition coefficient (Wildman–Crippen LogP) is 4.44. The van der Waals surface area contributed by atoms with E-state index in [4.69, 9.17) is 11.6 Å². The van der Waals surface area contributed by atoms with Gasteiger partial charge < -0.3 is 4.90 Å². The molecule has 4 heterocycles. The maximum atomic E-state index is 11.9. The minimum absolute atomic E-state index is 0.323. The van der Waals surface area contributed by atoms with Crippen molar-refractivity contribution in [1.82, 2.24) is 24.8 Å². The molecule has 3 fully saturated rings. The van der Waals surface area contributed by atoms with Gasteiger partial charge in [0.1, 0.15) is 0 Å². The highest BCUT2D eigenvalue weighted by atomic mass is 35.5. The highest BCUT2D eigenvalue weighted by molar-refractivity contribution is 8.18. The van der Waals surface area contributed by atoms with Crippen molar-refractivity contribution < 1.29 is 9.59 Å². The molecule has 0 unspecified atom stereocenters. The highest BCUT2D eigenvalue weighted by Crippen LogP contribution is 2.33. The lowest BCUT2D eigenvalue weighted by Crippen LogP contribution is -2.49. The largest absolute Gasteiger partial charge is 0.368 e. The molecule has 3 aliphatic rings. The van der Waals surface area contributed by atoms with E-state index in [2.05, 4.69) is 37.3 Å². The second kappa shape index (κ2) is 9.29. The molecule has 1 aromatic carbocycles. The molecule has 0 spiro atoms. The molecule has 0 radical (unpaired) electrons. The first-order valence-electron chi connectivity index (χ1n) is 11.9. The Hall–Kier alpha value is -2.88. The third kappa shape index (κ3) is 4.44. The van der Waals surface area contributed by atoms with Crippen molar-refractivity contribution >= 4 is 51.9 Å². The number of aromatic nitrogens is 3. The third-order valence-electron chi connectivity index (χ3n) is 7.04. The van der Waals surface area contributed by atoms with Gasteiger partial charge in [-0.15, -0.1) is 0 Å². The summed E-state index contributed by atoms with van der Waals surface area (Å²) in [6, 6.07) is 10.5. The van der Waals surface area contributed by atoms with Crippen LogP contribution in [0.4, 0.5) is 10.5 Å². The molecule has 1 N–H and O–H groups in total. The molecule has 6 rings (SSSR count). The first-order valence-corrected chi connectivity index (χ1v) is 13.1. The summed E-state index contributed by atoms with van der Waals surface area (Å²) in [4.78, 5) is 33.1. The molecule has 180 valence electrons. The Morgan fingerprint density at radius 2 is 1.86 bits per heavy atom. The zero-order valence-electron chi connectivity index (χ0n) is 19.1. The lowest BCUT2D eigenvalue weighted by Gasteiger charge is -2.39. The van der Waals surface area contributed by atoms with E-state index in [1.807, 2.05) is 12.1 Å². The van der Waals surface area contributed by atoms with Gasteiger partial charge in [-0.1, -0.05) is 30.5 Å². The molecule has 0 atom stereocenters. The smallest absolute Gasteiger partial charge is 0.290 e. The van der Waals surface area contributed by atoms with Gasteiger partial charge in [-0.05, 0) is 54.9 Å². The Morgan fingerprint density at radius 1 is 1.06 bits per heavy atom. The number of anilines is 1. The minimum Gasteiger partial charge on any atom is -0.368 e. The van der Waals surface area contributed by atoms with Crippen LogP contribution in [0.3, 0.4) is 0 Å². The Balaban J connectivity index is 1.23. The normalized spacial score (nSPS) is 20.9. The number of piperazine rings is 1. The number of rotatable bonds is 4. The summed E-state index contributed by atoms with van der Waals surface area (Å²) in [5.41, 5.74) is 4.02. The van der Waals surface area contributed by atoms with Gasteiger partial charge >= 0.3 is 0 Å². The fourth-order valence-electron chi connectivity index (χ4n) is 5.24. The number of hydrogen-bond donors (Lipinski definition) is 1. The van der Waals surface area contributed by atoms with Crippen molar-refractivity contribution in [3.05, 3.63) is 52.2 Å². The summed E-state index contributed by atoms with van der Waals surface area (Å²) in [5.74, 6) is -0.404. The van der Waals surface area contributed by atoms with Gasteiger partial charge in [0.15, 0.2) is 5.65 Å². The number of carbonyl (C=O) groups excluding carboxylic acids is 2. The zero-order chi connectivity index (χ0) is 23.9. The van der Waals surface area contributed by atoms with Crippen LogP contribution in [0.2, 0.25) is 5.02 Å². The SMILES string of the molecule is O=C1NC(=O)/C(=C/c2ccc3ncc(-c4ccc(N5CCN(C6CCCC6)CC5)c(Cl)c4)n3n2)S1. The lowest BCUT2D eigenvalue weighted by atomic mass is 10.1. The second-order valence-electron chi connectivity index (χ2n) is 9.15. The zero-order valence-corrected chi connectivity index (χ0v) is 20.7. The van der Waals surface area contributed by atoms with Crippen LogP contribution >= 0.6 is 23.4 Å². The highest BCUT2D eigenvalue weighted by Gasteiger charge is 2.27. The van der Waals surface area contributed by atoms with Gasteiger partial charge in [-0.3, -0.25) is 19.8 Å². The Kier molecular flexibility index (Phi) is 5.99. The van der Waals surface area contributed by atoms with E-state index in [-0.39, 0.29) is 5.24 Å². The molecular weight excluding hydrogens is 484 g/mol. The molecule has 1 aliphatic carbocycles. The van der Waals surface area contributed by atoms with Crippen molar-refractivity contribution in [3.8, 4) is 11.3 Å². The summed E-state index contributed by atoms with van der Waals surface area (Å²) in [7, 11) is 0. The average Bonchev–Trinajstić information content (AvgIpc) is 3.60. The van der Waals surface area contributed by atoms with Crippen LogP contribution in [0.5, 0.6) is 0 Å². The van der Waals surface area contributed by atoms with Crippen LogP contribution in [0.15, 0.2) is 41.4 Å². The van der Waals surface area contributed by atoms with Crippen LogP contribution in [-0.2, 0) is 4.79 Å². The number of benzene rings is 1. The number of imide groups is 1. The number of halogens is 1. The van der Waals surface area contributed by atoms with Gasteiger partial charge in [0.2, 0.25) is 0 Å². The van der Waals surface area contributed by atoms with E-state index in [0.717, 1.165) is 60.9 Å². The van der Waals surface area contributed by atoms with Gasteiger partial charge in [-0.25, -0.2) is 9.50 Å². The van der Waals surface area contributed by atoms with Gasteiger partial charge in [0.05, 0.1) is 33.2 Å². The molecule has 8 nitrogen and oxygen atoms in total. The molecule has 3 aromatic rings. The van der Waals surface area contributed by atoms with E-state index >= 15 is 0 Å². The maximum Gasteiger partial charge on any atom is 0.290 e. The van der Waals surface area contributed by atoms with E-state index < -0.39 is 5.91 Å². The summed E-state index contributed by atoms with van der Waals surface area (Å²) in [5, 5.41) is 7.23. The van der Waals surface area contributed by atoms with Crippen LogP contribution in [-0.4, -0.2) is 62.9 Å². The standard InChI is InChI=1S/C25H25ClN6O2S/c26-19-13-16(5-7-20(19)31-11-9-30(10-12-31)18-3-1-2-4-18)21-15-27-23-8-6-17(29-32(21)23)14-22-24(33)28-25(34)35-22/h5-8,13-15,18H,1-4,9-12H2,(H,28,33,34)/b22-14-. The monoisotopic (exact) mass is 508 g/mol. The van der Waals surface area contributed by atoms with Crippen LogP contribution in [0.1, 0.15) is 31.4 Å². The molecule has 2 amide bonds. The maximum absolute atomic E-state index is 11.9. The van der Waals surface area contributed by atoms with Crippen molar-refractivity contribution in [1.29, 1.82) is 0 Å². The van der Waals surface area contributed by atoms with Crippen molar-refractivity contribution in [2.45, 2.75) is 31.7 Å². The topological polar surface area (TPSA) is 82.8 Å². The fourth-order valence-corrected chi connectivity index (χ4v) is 6.20. The minimum atomic E-state index is -0.404. The number of thioether (sulfide) groups is 1. The number of carbonyl (C=O) groups is 2. The fraction of sp³-hybridized carbons (Fsp3) is 0.360. The number of nitrogens with one attached hydrogen (secondary N) is 1. The van der Waals surface area contributed by atoms with Crippen molar-refractivity contribution in [2.24, 2.45) is 0 Å². The summed E-state index contributed by atoms with van der Waals surface area (Å²) in [6.45, 7) is 4.14. The van der Waals surface area contributed by atoms with Crippen LogP contribution in [0, 0.1) is 0 Å². The number of imidazole rings is 1. The van der Waals surface area contributed by atoms with Gasteiger partial charge in [0, 0.05) is 37.8 Å². The third-order valence-corrected chi connectivity index (χ3v) is 8.16. The number of fused-ring (bicyclic) bond motifs is 1. The lowest BCUT2D eigenvalue weighted by molar-refractivity contribution is -0.115. The van der Waals surface area contributed by atoms with Crippen LogP contribution in [0.25, 0.3) is 23.0 Å². The second-order valence-corrected chi connectivity index (χ2v) is 10.6. The molecule has 10 heteroatoms. The number of hydrogen-bond acceptors (Lipinski definition) is 7.